The van der Waals surface area contributed by atoms with Gasteiger partial charge in [0.15, 0.2) is 5.78 Å². The van der Waals surface area contributed by atoms with Crippen molar-refractivity contribution in [3.63, 3.8) is 0 Å². The summed E-state index contributed by atoms with van der Waals surface area (Å²) >= 11 is 0. The monoisotopic (exact) mass is 323 g/mol. The molecule has 0 spiro atoms. The molecule has 2 aromatic carbocycles. The molecule has 0 fully saturated rings. The lowest BCUT2D eigenvalue weighted by atomic mass is 10.0. The van der Waals surface area contributed by atoms with Crippen molar-refractivity contribution < 1.29 is 14.3 Å². The standard InChI is InChI=1S/C20H21NO3/c22-18(15-7-2-1-3-8-15)10-6-12-20(23)21-13-16-14-24-19-11-5-4-9-17(16)19/h1-5,7-9,11,16H,6,10,12-14H2,(H,21,23)/t16-/m1/s1. The lowest BCUT2D eigenvalue weighted by Crippen LogP contribution is -2.28. The van der Waals surface area contributed by atoms with Gasteiger partial charge in [-0.05, 0) is 12.5 Å². The van der Waals surface area contributed by atoms with Crippen LogP contribution in [0.25, 0.3) is 0 Å². The lowest BCUT2D eigenvalue weighted by Gasteiger charge is -2.10. The van der Waals surface area contributed by atoms with Crippen molar-refractivity contribution in [1.82, 2.24) is 5.32 Å². The Bertz CT molecular complexity index is 712. The van der Waals surface area contributed by atoms with E-state index in [1.54, 1.807) is 12.1 Å². The Kier molecular flexibility index (Phi) is 5.26. The molecule has 3 rings (SSSR count). The van der Waals surface area contributed by atoms with Crippen molar-refractivity contribution in [2.45, 2.75) is 25.2 Å². The summed E-state index contributed by atoms with van der Waals surface area (Å²) in [6.07, 6.45) is 1.33. The summed E-state index contributed by atoms with van der Waals surface area (Å²) in [6.45, 7) is 1.18. The Hall–Kier alpha value is -2.62. The molecule has 24 heavy (non-hydrogen) atoms. The van der Waals surface area contributed by atoms with Crippen LogP contribution in [0.2, 0.25) is 0 Å². The van der Waals surface area contributed by atoms with Crippen molar-refractivity contribution >= 4 is 11.7 Å². The van der Waals surface area contributed by atoms with Crippen LogP contribution >= 0.6 is 0 Å². The zero-order valence-electron chi connectivity index (χ0n) is 13.5. The average Bonchev–Trinajstić information content (AvgIpc) is 3.04. The maximum Gasteiger partial charge on any atom is 0.220 e. The number of hydrogen-bond acceptors (Lipinski definition) is 3. The maximum atomic E-state index is 12.0. The summed E-state index contributed by atoms with van der Waals surface area (Å²) in [5, 5.41) is 2.95. The third-order valence-electron chi connectivity index (χ3n) is 4.25. The van der Waals surface area contributed by atoms with E-state index in [0.29, 0.717) is 38.0 Å². The molecule has 4 heteroatoms. The van der Waals surface area contributed by atoms with Gasteiger partial charge >= 0.3 is 0 Å². The highest BCUT2D eigenvalue weighted by molar-refractivity contribution is 5.96. The van der Waals surface area contributed by atoms with Crippen molar-refractivity contribution in [2.75, 3.05) is 13.2 Å². The minimum absolute atomic E-state index is 0.0137. The average molecular weight is 323 g/mol. The number of fused-ring (bicyclic) bond motifs is 1. The maximum absolute atomic E-state index is 12.0. The van der Waals surface area contributed by atoms with Gasteiger partial charge in [-0.25, -0.2) is 0 Å². The SMILES string of the molecule is O=C(CCCC(=O)c1ccccc1)NC[C@@H]1COc2ccccc21. The van der Waals surface area contributed by atoms with Crippen LogP contribution in [0.15, 0.2) is 54.6 Å². The Balaban J connectivity index is 1.39. The van der Waals surface area contributed by atoms with Crippen LogP contribution in [0.1, 0.15) is 41.1 Å². The first-order valence-electron chi connectivity index (χ1n) is 8.30. The number of nitrogens with one attached hydrogen (secondary N) is 1. The molecular formula is C20H21NO3. The number of Topliss-reactive ketones (excluding diaryl/α,β-unsaturated/α-hetero) is 1. The number of hydrogen-bond donors (Lipinski definition) is 1. The molecule has 0 radical (unpaired) electrons. The zero-order valence-corrected chi connectivity index (χ0v) is 13.5. The van der Waals surface area contributed by atoms with Gasteiger partial charge in [0.1, 0.15) is 5.75 Å². The Morgan fingerprint density at radius 2 is 1.75 bits per heavy atom. The molecule has 0 bridgehead atoms. The van der Waals surface area contributed by atoms with Crippen LogP contribution in [0.5, 0.6) is 5.75 Å². The number of ketones is 1. The number of amides is 1. The molecule has 1 aliphatic heterocycles. The summed E-state index contributed by atoms with van der Waals surface area (Å²) in [4.78, 5) is 23.9. The zero-order chi connectivity index (χ0) is 16.8. The first kappa shape index (κ1) is 16.2. The molecule has 124 valence electrons. The van der Waals surface area contributed by atoms with E-state index in [1.807, 2.05) is 42.5 Å². The number of carbonyl (C=O) groups excluding carboxylic acids is 2. The predicted molar refractivity (Wildman–Crippen MR) is 92.3 cm³/mol. The van der Waals surface area contributed by atoms with Crippen molar-refractivity contribution in [1.29, 1.82) is 0 Å². The van der Waals surface area contributed by atoms with E-state index in [-0.39, 0.29) is 17.6 Å². The minimum atomic E-state index is -0.0137. The summed E-state index contributed by atoms with van der Waals surface area (Å²) in [6, 6.07) is 17.1. The Labute approximate surface area is 141 Å². The summed E-state index contributed by atoms with van der Waals surface area (Å²) in [5.41, 5.74) is 1.86. The summed E-state index contributed by atoms with van der Waals surface area (Å²) in [7, 11) is 0. The first-order valence-corrected chi connectivity index (χ1v) is 8.30. The van der Waals surface area contributed by atoms with Gasteiger partial charge < -0.3 is 10.1 Å². The molecule has 2 aromatic rings. The van der Waals surface area contributed by atoms with E-state index < -0.39 is 0 Å². The van der Waals surface area contributed by atoms with Crippen LogP contribution in [0.3, 0.4) is 0 Å². The molecule has 0 aliphatic carbocycles. The van der Waals surface area contributed by atoms with Crippen molar-refractivity contribution in [3.8, 4) is 5.75 Å². The molecule has 1 N–H and O–H groups in total. The van der Waals surface area contributed by atoms with Crippen LogP contribution < -0.4 is 10.1 Å². The lowest BCUT2D eigenvalue weighted by molar-refractivity contribution is -0.121. The van der Waals surface area contributed by atoms with Gasteiger partial charge in [0.2, 0.25) is 5.91 Å². The van der Waals surface area contributed by atoms with Gasteiger partial charge in [0, 0.05) is 36.4 Å². The Morgan fingerprint density at radius 1 is 1.00 bits per heavy atom. The van der Waals surface area contributed by atoms with Crippen molar-refractivity contribution in [3.05, 3.63) is 65.7 Å². The van der Waals surface area contributed by atoms with E-state index in [0.717, 1.165) is 11.3 Å². The van der Waals surface area contributed by atoms with Crippen LogP contribution in [-0.2, 0) is 4.79 Å². The van der Waals surface area contributed by atoms with Gasteiger partial charge in [-0.1, -0.05) is 48.5 Å². The quantitative estimate of drug-likeness (QED) is 0.795. The number of carbonyl (C=O) groups is 2. The third kappa shape index (κ3) is 4.02. The summed E-state index contributed by atoms with van der Waals surface area (Å²) < 4.78 is 5.61. The molecule has 0 unspecified atom stereocenters. The molecule has 4 nitrogen and oxygen atoms in total. The second-order valence-electron chi connectivity index (χ2n) is 5.99. The molecular weight excluding hydrogens is 302 g/mol. The van der Waals surface area contributed by atoms with E-state index in [2.05, 4.69) is 5.32 Å². The van der Waals surface area contributed by atoms with Gasteiger partial charge in [-0.2, -0.15) is 0 Å². The van der Waals surface area contributed by atoms with Crippen LogP contribution in [-0.4, -0.2) is 24.8 Å². The van der Waals surface area contributed by atoms with Crippen molar-refractivity contribution in [2.24, 2.45) is 0 Å². The molecule has 0 saturated carbocycles. The summed E-state index contributed by atoms with van der Waals surface area (Å²) in [5.74, 6) is 1.18. The molecule has 1 aliphatic rings. The highest BCUT2D eigenvalue weighted by atomic mass is 16.5. The Morgan fingerprint density at radius 3 is 2.58 bits per heavy atom. The highest BCUT2D eigenvalue weighted by Crippen LogP contribution is 2.32. The minimum Gasteiger partial charge on any atom is -0.493 e. The highest BCUT2D eigenvalue weighted by Gasteiger charge is 2.23. The fourth-order valence-electron chi connectivity index (χ4n) is 2.90. The normalized spacial score (nSPS) is 15.4. The molecule has 1 heterocycles. The van der Waals surface area contributed by atoms with Gasteiger partial charge in [-0.15, -0.1) is 0 Å². The second kappa shape index (κ2) is 7.77. The van der Waals surface area contributed by atoms with Crippen LogP contribution in [0.4, 0.5) is 0 Å². The van der Waals surface area contributed by atoms with Crippen LogP contribution in [0, 0.1) is 0 Å². The van der Waals surface area contributed by atoms with Gasteiger partial charge in [-0.3, -0.25) is 9.59 Å². The number of ether oxygens (including phenoxy) is 1. The van der Waals surface area contributed by atoms with E-state index >= 15 is 0 Å². The van der Waals surface area contributed by atoms with E-state index in [4.69, 9.17) is 4.74 Å². The molecule has 1 amide bonds. The van der Waals surface area contributed by atoms with Gasteiger partial charge in [0.25, 0.3) is 0 Å². The topological polar surface area (TPSA) is 55.4 Å². The first-order chi connectivity index (χ1) is 11.7. The molecule has 0 aromatic heterocycles. The molecule has 0 saturated heterocycles. The predicted octanol–water partition coefficient (Wildman–Crippen LogP) is 3.33. The second-order valence-corrected chi connectivity index (χ2v) is 5.99. The number of para-hydroxylation sites is 1. The van der Waals surface area contributed by atoms with E-state index in [9.17, 15) is 9.59 Å². The van der Waals surface area contributed by atoms with E-state index in [1.165, 1.54) is 0 Å². The number of benzene rings is 2. The number of rotatable bonds is 7. The fourth-order valence-corrected chi connectivity index (χ4v) is 2.90. The smallest absolute Gasteiger partial charge is 0.220 e. The largest absolute Gasteiger partial charge is 0.493 e. The third-order valence-corrected chi connectivity index (χ3v) is 4.25. The van der Waals surface area contributed by atoms with Gasteiger partial charge in [0.05, 0.1) is 6.61 Å². The fraction of sp³-hybridized carbons (Fsp3) is 0.300. The molecule has 1 atom stereocenters.